The Balaban J connectivity index is 0.000000997. The average Bonchev–Trinajstić information content (AvgIpc) is 2.99. The van der Waals surface area contributed by atoms with Gasteiger partial charge < -0.3 is 31.3 Å². The molecule has 0 saturated heterocycles. The number of methoxy groups -OCH3 is 1. The molecule has 1 amide bonds. The summed E-state index contributed by atoms with van der Waals surface area (Å²) in [6, 6.07) is 12.0. The number of rotatable bonds is 6. The summed E-state index contributed by atoms with van der Waals surface area (Å²) >= 11 is 0. The lowest BCUT2D eigenvalue weighted by Crippen LogP contribution is -2.48. The summed E-state index contributed by atoms with van der Waals surface area (Å²) in [6.45, 7) is 17.4. The normalized spacial score (nSPS) is 22.0. The van der Waals surface area contributed by atoms with Gasteiger partial charge in [0.25, 0.3) is 5.91 Å². The fraction of sp³-hybridized carbons (Fsp3) is 0.432. The topological polar surface area (TPSA) is 117 Å². The van der Waals surface area contributed by atoms with Crippen molar-refractivity contribution in [3.05, 3.63) is 100.0 Å². The Morgan fingerprint density at radius 1 is 1.16 bits per heavy atom. The molecule has 0 spiro atoms. The molecule has 6 N–H and O–H groups in total. The van der Waals surface area contributed by atoms with Gasteiger partial charge in [-0.25, -0.2) is 0 Å². The molecular formula is C37H51N3O4. The van der Waals surface area contributed by atoms with E-state index in [0.717, 1.165) is 51.8 Å². The number of aliphatic hydroxyl groups is 2. The van der Waals surface area contributed by atoms with Crippen LogP contribution in [-0.4, -0.2) is 56.1 Å². The summed E-state index contributed by atoms with van der Waals surface area (Å²) in [5.41, 5.74) is 14.9. The number of carbonyl (C=O) groups excluding carboxylic acids is 1. The molecular weight excluding hydrogens is 550 g/mol. The van der Waals surface area contributed by atoms with Gasteiger partial charge in [-0.05, 0) is 109 Å². The van der Waals surface area contributed by atoms with Crippen molar-refractivity contribution in [2.24, 2.45) is 17.6 Å². The Bertz CT molecular complexity index is 1470. The van der Waals surface area contributed by atoms with E-state index < -0.39 is 5.60 Å². The van der Waals surface area contributed by atoms with Crippen molar-refractivity contribution in [2.75, 3.05) is 34.4 Å². The Hall–Kier alpha value is -3.65. The van der Waals surface area contributed by atoms with Crippen LogP contribution >= 0.6 is 0 Å². The number of nitrogens with one attached hydrogen (secondary N) is 2. The largest absolute Gasteiger partial charge is 0.512 e. The highest BCUT2D eigenvalue weighted by atomic mass is 16.5. The lowest BCUT2D eigenvalue weighted by molar-refractivity contribution is -0.0153. The van der Waals surface area contributed by atoms with Gasteiger partial charge in [0.2, 0.25) is 0 Å². The molecule has 1 unspecified atom stereocenters. The van der Waals surface area contributed by atoms with E-state index in [2.05, 4.69) is 42.8 Å². The van der Waals surface area contributed by atoms with Gasteiger partial charge in [-0.2, -0.15) is 0 Å². The molecule has 0 aromatic heterocycles. The fourth-order valence-electron chi connectivity index (χ4n) is 6.96. The first-order chi connectivity index (χ1) is 21.0. The Labute approximate surface area is 263 Å². The third kappa shape index (κ3) is 6.70. The lowest BCUT2D eigenvalue weighted by Gasteiger charge is -2.50. The van der Waals surface area contributed by atoms with Gasteiger partial charge in [-0.3, -0.25) is 4.79 Å². The van der Waals surface area contributed by atoms with Crippen LogP contribution in [0.3, 0.4) is 0 Å². The van der Waals surface area contributed by atoms with Gasteiger partial charge in [0, 0.05) is 43.3 Å². The van der Waals surface area contributed by atoms with Crippen molar-refractivity contribution < 1.29 is 19.7 Å². The summed E-state index contributed by atoms with van der Waals surface area (Å²) in [7, 11) is 5.36. The van der Waals surface area contributed by atoms with Gasteiger partial charge in [-0.1, -0.05) is 51.3 Å². The molecule has 0 saturated carbocycles. The lowest BCUT2D eigenvalue weighted by atomic mass is 9.57. The molecule has 5 rings (SSSR count). The summed E-state index contributed by atoms with van der Waals surface area (Å²) in [6.07, 6.45) is 2.18. The Kier molecular flexibility index (Phi) is 11.8. The number of allylic oxidation sites excluding steroid dienone is 4. The molecule has 3 atom stereocenters. The number of ether oxygens (including phenoxy) is 1. The van der Waals surface area contributed by atoms with Gasteiger partial charge in [0.15, 0.2) is 0 Å². The minimum absolute atomic E-state index is 0.115. The first-order valence-electron chi connectivity index (χ1n) is 15.6. The number of carbonyl (C=O) groups is 1. The van der Waals surface area contributed by atoms with Crippen LogP contribution in [0, 0.1) is 18.8 Å². The molecule has 7 heteroatoms. The zero-order valence-corrected chi connectivity index (χ0v) is 27.6. The highest BCUT2D eigenvalue weighted by molar-refractivity contribution is 5.96. The Morgan fingerprint density at radius 3 is 2.48 bits per heavy atom. The molecule has 3 aliphatic carbocycles. The summed E-state index contributed by atoms with van der Waals surface area (Å²) in [5, 5.41) is 28.3. The first-order valence-corrected chi connectivity index (χ1v) is 15.6. The van der Waals surface area contributed by atoms with E-state index in [1.807, 2.05) is 59.1 Å². The van der Waals surface area contributed by atoms with Crippen LogP contribution in [0.5, 0.6) is 0 Å². The quantitative estimate of drug-likeness (QED) is 0.251. The molecule has 0 radical (unpaired) electrons. The van der Waals surface area contributed by atoms with E-state index >= 15 is 0 Å². The smallest absolute Gasteiger partial charge is 0.251 e. The third-order valence-electron chi connectivity index (χ3n) is 8.95. The molecule has 0 fully saturated rings. The molecule has 238 valence electrons. The van der Waals surface area contributed by atoms with Gasteiger partial charge in [0.1, 0.15) is 0 Å². The highest BCUT2D eigenvalue weighted by Gasteiger charge is 2.50. The van der Waals surface area contributed by atoms with Crippen molar-refractivity contribution >= 4 is 11.5 Å². The summed E-state index contributed by atoms with van der Waals surface area (Å²) in [4.78, 5) is 12.7. The highest BCUT2D eigenvalue weighted by Crippen LogP contribution is 2.56. The number of aliphatic hydroxyl groups excluding tert-OH is 1. The predicted octanol–water partition coefficient (Wildman–Crippen LogP) is 6.23. The second-order valence-corrected chi connectivity index (χ2v) is 11.7. The van der Waals surface area contributed by atoms with Crippen LogP contribution in [0.25, 0.3) is 16.7 Å². The molecule has 7 nitrogen and oxygen atoms in total. The maximum absolute atomic E-state index is 12.7. The zero-order chi connectivity index (χ0) is 32.8. The van der Waals surface area contributed by atoms with Crippen molar-refractivity contribution in [3.8, 4) is 11.1 Å². The third-order valence-corrected chi connectivity index (χ3v) is 8.95. The average molecular weight is 602 g/mol. The van der Waals surface area contributed by atoms with Gasteiger partial charge in [0.05, 0.1) is 18.0 Å². The van der Waals surface area contributed by atoms with Gasteiger partial charge >= 0.3 is 0 Å². The molecule has 2 aromatic carbocycles. The van der Waals surface area contributed by atoms with E-state index in [-0.39, 0.29) is 29.9 Å². The van der Waals surface area contributed by atoms with Crippen LogP contribution in [0.4, 0.5) is 0 Å². The number of hydrogen-bond donors (Lipinski definition) is 5. The number of aryl methyl sites for hydroxylation is 1. The van der Waals surface area contributed by atoms with E-state index in [0.29, 0.717) is 36.4 Å². The van der Waals surface area contributed by atoms with Crippen LogP contribution in [0.15, 0.2) is 77.7 Å². The second-order valence-electron chi connectivity index (χ2n) is 11.7. The molecule has 2 aromatic rings. The zero-order valence-electron chi connectivity index (χ0n) is 27.6. The SMILES string of the molecule is C=C(N)C1=C(O)C[C@@H]2CC3Cc4c(-c5cccc(C(=O)NCCOC)c5)ccc(C)c4C(=C)C3=C(C)[C@]2(O)C1.CC.CNC. The maximum atomic E-state index is 12.7. The van der Waals surface area contributed by atoms with E-state index in [1.165, 1.54) is 5.56 Å². The number of fused-ring (bicyclic) bond motifs is 3. The van der Waals surface area contributed by atoms with Crippen LogP contribution < -0.4 is 16.4 Å². The molecule has 44 heavy (non-hydrogen) atoms. The number of amides is 1. The van der Waals surface area contributed by atoms with Crippen LogP contribution in [0.1, 0.15) is 67.1 Å². The van der Waals surface area contributed by atoms with Gasteiger partial charge in [-0.15, -0.1) is 0 Å². The number of nitrogens with two attached hydrogens (primary N) is 1. The summed E-state index contributed by atoms with van der Waals surface area (Å²) < 4.78 is 5.05. The predicted molar refractivity (Wildman–Crippen MR) is 181 cm³/mol. The van der Waals surface area contributed by atoms with E-state index in [4.69, 9.17) is 10.5 Å². The molecule has 0 bridgehead atoms. The van der Waals surface area contributed by atoms with Crippen molar-refractivity contribution in [1.29, 1.82) is 0 Å². The number of hydrogen-bond acceptors (Lipinski definition) is 6. The minimum atomic E-state index is -1.09. The monoisotopic (exact) mass is 601 g/mol. The summed E-state index contributed by atoms with van der Waals surface area (Å²) in [5.74, 6) is 0.167. The van der Waals surface area contributed by atoms with Crippen LogP contribution in [0.2, 0.25) is 0 Å². The van der Waals surface area contributed by atoms with Crippen LogP contribution in [-0.2, 0) is 11.2 Å². The van der Waals surface area contributed by atoms with Crippen molar-refractivity contribution in [1.82, 2.24) is 10.6 Å². The van der Waals surface area contributed by atoms with Crippen molar-refractivity contribution in [2.45, 2.75) is 59.0 Å². The standard InChI is InChI=1S/C33H38N2O4.C2H7N.C2H6/c1-18-9-10-26(22-7-6-8-23(13-22)32(37)35-11-12-39-5)27-15-24-14-25-16-29(36)28(21(4)34)17-33(25,38)20(3)31(24)19(2)30(18)27;1-3-2;1-2/h6-10,13,24-25,36,38H,2,4,11-12,14-17,34H2,1,3,5H3,(H,35,37);3H,1-2H3;1-2H3/t24?,25-,33+;;/m0../s1. The molecule has 3 aliphatic rings. The van der Waals surface area contributed by atoms with E-state index in [1.54, 1.807) is 7.11 Å². The minimum Gasteiger partial charge on any atom is -0.512 e. The fourth-order valence-corrected chi connectivity index (χ4v) is 6.96. The maximum Gasteiger partial charge on any atom is 0.251 e. The first kappa shape index (κ1) is 34.8. The second kappa shape index (κ2) is 14.9. The number of benzene rings is 2. The Morgan fingerprint density at radius 2 is 1.84 bits per heavy atom. The van der Waals surface area contributed by atoms with E-state index in [9.17, 15) is 15.0 Å². The molecule has 0 heterocycles. The van der Waals surface area contributed by atoms with Crippen molar-refractivity contribution in [3.63, 3.8) is 0 Å². The molecule has 0 aliphatic heterocycles.